The van der Waals surface area contributed by atoms with Gasteiger partial charge in [-0.25, -0.2) is 0 Å². The van der Waals surface area contributed by atoms with Crippen molar-refractivity contribution in [3.63, 3.8) is 0 Å². The van der Waals surface area contributed by atoms with Gasteiger partial charge < -0.3 is 9.84 Å². The Hall–Kier alpha value is -0.860. The summed E-state index contributed by atoms with van der Waals surface area (Å²) in [5.74, 6) is 0. The second-order valence-corrected chi connectivity index (χ2v) is 4.48. The minimum absolute atomic E-state index is 0.209. The maximum Gasteiger partial charge on any atom is 0.0791 e. The summed E-state index contributed by atoms with van der Waals surface area (Å²) in [4.78, 5) is 0. The lowest BCUT2D eigenvalue weighted by atomic mass is 9.99. The molecule has 2 unspecified atom stereocenters. The predicted octanol–water partition coefficient (Wildman–Crippen LogP) is 3.15. The Bertz CT molecular complexity index is 334. The van der Waals surface area contributed by atoms with E-state index in [9.17, 15) is 5.11 Å². The number of aliphatic hydroxyl groups excluding tert-OH is 1. The molecule has 1 N–H and O–H groups in total. The molecule has 2 atom stereocenters. The second-order valence-electron chi connectivity index (χ2n) is 4.48. The first-order valence-corrected chi connectivity index (χ1v) is 5.82. The molecule has 0 fully saturated rings. The van der Waals surface area contributed by atoms with E-state index in [1.807, 2.05) is 13.0 Å². The van der Waals surface area contributed by atoms with Crippen molar-refractivity contribution in [2.45, 2.75) is 45.8 Å². The molecule has 0 saturated heterocycles. The zero-order valence-electron chi connectivity index (χ0n) is 10.7. The van der Waals surface area contributed by atoms with Crippen molar-refractivity contribution in [3.05, 3.63) is 34.9 Å². The van der Waals surface area contributed by atoms with E-state index in [0.29, 0.717) is 0 Å². The molecule has 2 nitrogen and oxygen atoms in total. The van der Waals surface area contributed by atoms with Crippen LogP contribution in [0, 0.1) is 13.8 Å². The van der Waals surface area contributed by atoms with Crippen LogP contribution in [0.4, 0.5) is 0 Å². The van der Waals surface area contributed by atoms with Crippen LogP contribution in [0.15, 0.2) is 18.2 Å². The number of benzene rings is 1. The smallest absolute Gasteiger partial charge is 0.0791 e. The van der Waals surface area contributed by atoms with Crippen molar-refractivity contribution in [2.75, 3.05) is 7.11 Å². The minimum atomic E-state index is -0.378. The normalized spacial score (nSPS) is 14.8. The van der Waals surface area contributed by atoms with E-state index in [0.717, 1.165) is 18.4 Å². The number of aliphatic hydroxyl groups is 1. The highest BCUT2D eigenvalue weighted by molar-refractivity contribution is 5.31. The number of hydrogen-bond donors (Lipinski definition) is 1. The summed E-state index contributed by atoms with van der Waals surface area (Å²) in [6.45, 7) is 6.18. The van der Waals surface area contributed by atoms with E-state index in [4.69, 9.17) is 4.74 Å². The molecule has 1 aromatic carbocycles. The van der Waals surface area contributed by atoms with Crippen molar-refractivity contribution >= 4 is 0 Å². The molecule has 1 aromatic rings. The van der Waals surface area contributed by atoms with Crippen molar-refractivity contribution in [3.8, 4) is 0 Å². The number of hydrogen-bond acceptors (Lipinski definition) is 2. The molecule has 1 rings (SSSR count). The molecule has 0 heterocycles. The van der Waals surface area contributed by atoms with E-state index >= 15 is 0 Å². The third kappa shape index (κ3) is 3.62. The molecule has 0 bridgehead atoms. The highest BCUT2D eigenvalue weighted by Gasteiger charge is 2.10. The van der Waals surface area contributed by atoms with E-state index in [1.54, 1.807) is 7.11 Å². The van der Waals surface area contributed by atoms with E-state index in [1.165, 1.54) is 11.1 Å². The van der Waals surface area contributed by atoms with Crippen LogP contribution in [0.2, 0.25) is 0 Å². The fourth-order valence-electron chi connectivity index (χ4n) is 1.65. The van der Waals surface area contributed by atoms with Gasteiger partial charge in [-0.1, -0.05) is 18.2 Å². The van der Waals surface area contributed by atoms with Gasteiger partial charge in [0.1, 0.15) is 0 Å². The number of ether oxygens (including phenoxy) is 1. The standard InChI is InChI=1S/C14H22O2/c1-10-5-7-13(9-11(10)2)14(15)8-6-12(3)16-4/h5,7,9,12,14-15H,6,8H2,1-4H3. The average molecular weight is 222 g/mol. The lowest BCUT2D eigenvalue weighted by Crippen LogP contribution is -2.08. The molecule has 0 amide bonds. The van der Waals surface area contributed by atoms with Crippen molar-refractivity contribution < 1.29 is 9.84 Å². The number of rotatable bonds is 5. The van der Waals surface area contributed by atoms with Gasteiger partial charge in [0.15, 0.2) is 0 Å². The van der Waals surface area contributed by atoms with E-state index < -0.39 is 0 Å². The zero-order chi connectivity index (χ0) is 12.1. The largest absolute Gasteiger partial charge is 0.388 e. The first-order valence-electron chi connectivity index (χ1n) is 5.82. The summed E-state index contributed by atoms with van der Waals surface area (Å²) in [7, 11) is 1.70. The van der Waals surface area contributed by atoms with Gasteiger partial charge >= 0.3 is 0 Å². The van der Waals surface area contributed by atoms with Gasteiger partial charge in [-0.3, -0.25) is 0 Å². The van der Waals surface area contributed by atoms with Crippen LogP contribution in [0.1, 0.15) is 42.6 Å². The van der Waals surface area contributed by atoms with Crippen LogP contribution >= 0.6 is 0 Å². The van der Waals surface area contributed by atoms with Crippen LogP contribution < -0.4 is 0 Å². The Balaban J connectivity index is 2.59. The van der Waals surface area contributed by atoms with Crippen LogP contribution in [0.5, 0.6) is 0 Å². The highest BCUT2D eigenvalue weighted by atomic mass is 16.5. The number of methoxy groups -OCH3 is 1. The Morgan fingerprint density at radius 3 is 2.44 bits per heavy atom. The fraction of sp³-hybridized carbons (Fsp3) is 0.571. The molecule has 0 radical (unpaired) electrons. The summed E-state index contributed by atoms with van der Waals surface area (Å²) in [5, 5.41) is 10.0. The molecule has 90 valence electrons. The summed E-state index contributed by atoms with van der Waals surface area (Å²) in [6.07, 6.45) is 1.46. The maximum absolute atomic E-state index is 10.0. The Kier molecular flexibility index (Phi) is 4.97. The van der Waals surface area contributed by atoms with Crippen LogP contribution in [-0.2, 0) is 4.74 Å². The van der Waals surface area contributed by atoms with Gasteiger partial charge in [-0.2, -0.15) is 0 Å². The highest BCUT2D eigenvalue weighted by Crippen LogP contribution is 2.21. The Morgan fingerprint density at radius 1 is 1.19 bits per heavy atom. The van der Waals surface area contributed by atoms with Gasteiger partial charge in [-0.05, 0) is 50.3 Å². The molecule has 0 saturated carbocycles. The molecule has 16 heavy (non-hydrogen) atoms. The van der Waals surface area contributed by atoms with Crippen molar-refractivity contribution in [1.29, 1.82) is 0 Å². The molecule has 0 aliphatic rings. The Labute approximate surface area is 98.3 Å². The fourth-order valence-corrected chi connectivity index (χ4v) is 1.65. The SMILES string of the molecule is COC(C)CCC(O)c1ccc(C)c(C)c1. The molecule has 0 aliphatic carbocycles. The lowest BCUT2D eigenvalue weighted by molar-refractivity contribution is 0.0851. The average Bonchev–Trinajstić information content (AvgIpc) is 2.29. The first kappa shape index (κ1) is 13.2. The van der Waals surface area contributed by atoms with E-state index in [2.05, 4.69) is 26.0 Å². The van der Waals surface area contributed by atoms with Crippen molar-refractivity contribution in [1.82, 2.24) is 0 Å². The van der Waals surface area contributed by atoms with Crippen LogP contribution in [-0.4, -0.2) is 18.3 Å². The summed E-state index contributed by atoms with van der Waals surface area (Å²) in [5.41, 5.74) is 3.50. The van der Waals surface area contributed by atoms with Gasteiger partial charge in [0.2, 0.25) is 0 Å². The first-order chi connectivity index (χ1) is 7.54. The summed E-state index contributed by atoms with van der Waals surface area (Å²) >= 11 is 0. The Morgan fingerprint density at radius 2 is 1.88 bits per heavy atom. The molecular weight excluding hydrogens is 200 g/mol. The molecule has 0 aromatic heterocycles. The minimum Gasteiger partial charge on any atom is -0.388 e. The monoisotopic (exact) mass is 222 g/mol. The van der Waals surface area contributed by atoms with Gasteiger partial charge in [0, 0.05) is 7.11 Å². The van der Waals surface area contributed by atoms with Crippen molar-refractivity contribution in [2.24, 2.45) is 0 Å². The topological polar surface area (TPSA) is 29.5 Å². The predicted molar refractivity (Wildman–Crippen MR) is 66.6 cm³/mol. The summed E-state index contributed by atoms with van der Waals surface area (Å²) < 4.78 is 5.17. The molecule has 0 spiro atoms. The quantitative estimate of drug-likeness (QED) is 0.829. The molecular formula is C14H22O2. The van der Waals surface area contributed by atoms with Gasteiger partial charge in [-0.15, -0.1) is 0 Å². The van der Waals surface area contributed by atoms with Crippen LogP contribution in [0.25, 0.3) is 0 Å². The molecule has 0 aliphatic heterocycles. The number of aryl methyl sites for hydroxylation is 2. The zero-order valence-corrected chi connectivity index (χ0v) is 10.7. The second kappa shape index (κ2) is 6.02. The maximum atomic E-state index is 10.0. The van der Waals surface area contributed by atoms with Gasteiger partial charge in [0.25, 0.3) is 0 Å². The summed E-state index contributed by atoms with van der Waals surface area (Å²) in [6, 6.07) is 6.13. The third-order valence-electron chi connectivity index (χ3n) is 3.16. The third-order valence-corrected chi connectivity index (χ3v) is 3.16. The van der Waals surface area contributed by atoms with Crippen LogP contribution in [0.3, 0.4) is 0 Å². The molecule has 2 heteroatoms. The lowest BCUT2D eigenvalue weighted by Gasteiger charge is -2.15. The van der Waals surface area contributed by atoms with E-state index in [-0.39, 0.29) is 12.2 Å². The van der Waals surface area contributed by atoms with Gasteiger partial charge in [0.05, 0.1) is 12.2 Å².